The first-order valence-corrected chi connectivity index (χ1v) is 11.2. The maximum atomic E-state index is 4.90. The Hall–Kier alpha value is -3.54. The summed E-state index contributed by atoms with van der Waals surface area (Å²) in [5.41, 5.74) is 7.78. The molecule has 32 heavy (non-hydrogen) atoms. The van der Waals surface area contributed by atoms with Crippen LogP contribution in [-0.4, -0.2) is 29.3 Å². The second kappa shape index (κ2) is 8.19. The maximum absolute atomic E-state index is 4.90. The SMILES string of the molecule is Cc1cn(-c2c(C)cc(C=Cc3nc4n(n3)CCCC4c3ccccc3C)nc2C)cn1. The van der Waals surface area contributed by atoms with Gasteiger partial charge in [0, 0.05) is 18.7 Å². The summed E-state index contributed by atoms with van der Waals surface area (Å²) in [4.78, 5) is 14.0. The van der Waals surface area contributed by atoms with Crippen molar-refractivity contribution in [3.63, 3.8) is 0 Å². The minimum atomic E-state index is 0.306. The highest BCUT2D eigenvalue weighted by molar-refractivity contribution is 5.66. The first kappa shape index (κ1) is 20.4. The molecule has 4 heterocycles. The molecular weight excluding hydrogens is 396 g/mol. The van der Waals surface area contributed by atoms with Crippen LogP contribution in [0, 0.1) is 27.7 Å². The summed E-state index contributed by atoms with van der Waals surface area (Å²) in [6, 6.07) is 10.7. The molecule has 3 aromatic heterocycles. The Labute approximate surface area is 188 Å². The fraction of sp³-hybridized carbons (Fsp3) is 0.308. The highest BCUT2D eigenvalue weighted by Gasteiger charge is 2.26. The predicted octanol–water partition coefficient (Wildman–Crippen LogP) is 5.19. The molecule has 0 fully saturated rings. The lowest BCUT2D eigenvalue weighted by Crippen LogP contribution is -2.18. The zero-order valence-corrected chi connectivity index (χ0v) is 19.1. The molecule has 1 atom stereocenters. The molecule has 0 N–H and O–H groups in total. The summed E-state index contributed by atoms with van der Waals surface area (Å²) in [5, 5.41) is 4.76. The summed E-state index contributed by atoms with van der Waals surface area (Å²) in [6.45, 7) is 9.24. The Kier molecular flexibility index (Phi) is 5.21. The van der Waals surface area contributed by atoms with E-state index in [0.717, 1.165) is 59.4 Å². The van der Waals surface area contributed by atoms with E-state index in [4.69, 9.17) is 15.1 Å². The molecule has 0 aliphatic carbocycles. The van der Waals surface area contributed by atoms with Crippen LogP contribution < -0.4 is 0 Å². The molecular formula is C26H28N6. The normalized spacial score (nSPS) is 15.9. The average molecular weight is 425 g/mol. The number of imidazole rings is 1. The zero-order chi connectivity index (χ0) is 22.2. The molecule has 0 bridgehead atoms. The van der Waals surface area contributed by atoms with Gasteiger partial charge in [0.15, 0.2) is 5.82 Å². The van der Waals surface area contributed by atoms with Crippen molar-refractivity contribution in [2.75, 3.05) is 0 Å². The second-order valence-electron chi connectivity index (χ2n) is 8.66. The van der Waals surface area contributed by atoms with Gasteiger partial charge in [0.05, 0.1) is 29.1 Å². The van der Waals surface area contributed by atoms with Crippen LogP contribution >= 0.6 is 0 Å². The van der Waals surface area contributed by atoms with Gasteiger partial charge in [-0.15, -0.1) is 0 Å². The van der Waals surface area contributed by atoms with Gasteiger partial charge in [0.25, 0.3) is 0 Å². The maximum Gasteiger partial charge on any atom is 0.174 e. The Morgan fingerprint density at radius 3 is 2.59 bits per heavy atom. The molecule has 0 saturated carbocycles. The molecule has 1 aromatic carbocycles. The largest absolute Gasteiger partial charge is 0.304 e. The molecule has 1 aliphatic heterocycles. The molecule has 4 aromatic rings. The van der Waals surface area contributed by atoms with Gasteiger partial charge >= 0.3 is 0 Å². The smallest absolute Gasteiger partial charge is 0.174 e. The predicted molar refractivity (Wildman–Crippen MR) is 127 cm³/mol. The average Bonchev–Trinajstić information content (AvgIpc) is 3.38. The fourth-order valence-corrected chi connectivity index (χ4v) is 4.75. The zero-order valence-electron chi connectivity index (χ0n) is 19.1. The topological polar surface area (TPSA) is 61.4 Å². The first-order valence-electron chi connectivity index (χ1n) is 11.2. The van der Waals surface area contributed by atoms with Crippen LogP contribution in [0.1, 0.15) is 64.2 Å². The number of aromatic nitrogens is 6. The van der Waals surface area contributed by atoms with E-state index in [9.17, 15) is 0 Å². The van der Waals surface area contributed by atoms with E-state index in [0.29, 0.717) is 5.92 Å². The molecule has 0 saturated heterocycles. The van der Waals surface area contributed by atoms with E-state index in [1.807, 2.05) is 43.1 Å². The number of nitrogens with zero attached hydrogens (tertiary/aromatic N) is 6. The van der Waals surface area contributed by atoms with Gasteiger partial charge in [-0.05, 0) is 75.4 Å². The van der Waals surface area contributed by atoms with Gasteiger partial charge < -0.3 is 4.57 Å². The van der Waals surface area contributed by atoms with E-state index >= 15 is 0 Å². The van der Waals surface area contributed by atoms with E-state index in [1.165, 1.54) is 11.1 Å². The van der Waals surface area contributed by atoms with Crippen molar-refractivity contribution in [2.24, 2.45) is 0 Å². The first-order chi connectivity index (χ1) is 15.5. The van der Waals surface area contributed by atoms with Crippen LogP contribution in [0.2, 0.25) is 0 Å². The number of pyridine rings is 1. The molecule has 6 nitrogen and oxygen atoms in total. The molecule has 1 unspecified atom stereocenters. The van der Waals surface area contributed by atoms with Crippen molar-refractivity contribution in [1.29, 1.82) is 0 Å². The lowest BCUT2D eigenvalue weighted by atomic mass is 9.88. The summed E-state index contributed by atoms with van der Waals surface area (Å²) in [5.74, 6) is 2.11. The van der Waals surface area contributed by atoms with E-state index in [1.54, 1.807) is 0 Å². The van der Waals surface area contributed by atoms with Crippen LogP contribution in [0.25, 0.3) is 17.8 Å². The fourth-order valence-electron chi connectivity index (χ4n) is 4.75. The van der Waals surface area contributed by atoms with E-state index in [-0.39, 0.29) is 0 Å². The van der Waals surface area contributed by atoms with Gasteiger partial charge in [-0.3, -0.25) is 4.98 Å². The molecule has 6 heteroatoms. The number of fused-ring (bicyclic) bond motifs is 1. The Morgan fingerprint density at radius 1 is 1.00 bits per heavy atom. The standard InChI is InChI=1S/C26H28N6/c1-17-8-5-6-9-22(17)23-10-7-13-32-26(23)29-24(30-32)12-11-21-14-18(2)25(20(4)28-21)31-15-19(3)27-16-31/h5-6,8-9,11-12,14-16,23H,7,10,13H2,1-4H3. The summed E-state index contributed by atoms with van der Waals surface area (Å²) in [6.07, 6.45) is 10.1. The van der Waals surface area contributed by atoms with Crippen molar-refractivity contribution in [2.45, 2.75) is 53.0 Å². The highest BCUT2D eigenvalue weighted by atomic mass is 15.4. The molecule has 0 spiro atoms. The third-order valence-corrected chi connectivity index (χ3v) is 6.21. The van der Waals surface area contributed by atoms with Gasteiger partial charge in [-0.2, -0.15) is 5.10 Å². The number of hydrogen-bond acceptors (Lipinski definition) is 4. The molecule has 0 amide bonds. The van der Waals surface area contributed by atoms with Crippen LogP contribution in [-0.2, 0) is 6.54 Å². The number of rotatable bonds is 4. The lowest BCUT2D eigenvalue weighted by molar-refractivity contribution is 0.445. The van der Waals surface area contributed by atoms with Gasteiger partial charge in [0.2, 0.25) is 0 Å². The Bertz CT molecular complexity index is 1290. The Balaban J connectivity index is 1.43. The lowest BCUT2D eigenvalue weighted by Gasteiger charge is -2.23. The van der Waals surface area contributed by atoms with Crippen LogP contribution in [0.15, 0.2) is 42.9 Å². The van der Waals surface area contributed by atoms with Crippen LogP contribution in [0.3, 0.4) is 0 Å². The second-order valence-corrected chi connectivity index (χ2v) is 8.66. The van der Waals surface area contributed by atoms with E-state index < -0.39 is 0 Å². The summed E-state index contributed by atoms with van der Waals surface area (Å²) >= 11 is 0. The third-order valence-electron chi connectivity index (χ3n) is 6.21. The quantitative estimate of drug-likeness (QED) is 0.452. The van der Waals surface area contributed by atoms with Crippen LogP contribution in [0.4, 0.5) is 0 Å². The molecule has 1 aliphatic rings. The summed E-state index contributed by atoms with van der Waals surface area (Å²) in [7, 11) is 0. The summed E-state index contributed by atoms with van der Waals surface area (Å²) < 4.78 is 4.12. The minimum Gasteiger partial charge on any atom is -0.304 e. The third kappa shape index (κ3) is 3.77. The van der Waals surface area contributed by atoms with Crippen molar-refractivity contribution in [3.05, 3.63) is 88.3 Å². The van der Waals surface area contributed by atoms with Crippen molar-refractivity contribution < 1.29 is 0 Å². The molecule has 5 rings (SSSR count). The van der Waals surface area contributed by atoms with E-state index in [2.05, 4.69) is 53.8 Å². The number of hydrogen-bond donors (Lipinski definition) is 0. The molecule has 162 valence electrons. The number of aryl methyl sites for hydroxylation is 5. The van der Waals surface area contributed by atoms with Crippen molar-refractivity contribution in [3.8, 4) is 5.69 Å². The minimum absolute atomic E-state index is 0.306. The Morgan fingerprint density at radius 2 is 1.84 bits per heavy atom. The monoisotopic (exact) mass is 424 g/mol. The highest BCUT2D eigenvalue weighted by Crippen LogP contribution is 2.33. The van der Waals surface area contributed by atoms with Gasteiger partial charge in [-0.25, -0.2) is 14.6 Å². The van der Waals surface area contributed by atoms with Gasteiger partial charge in [-0.1, -0.05) is 24.3 Å². The number of benzene rings is 1. The van der Waals surface area contributed by atoms with Gasteiger partial charge in [0.1, 0.15) is 5.82 Å². The van der Waals surface area contributed by atoms with Crippen molar-refractivity contribution in [1.82, 2.24) is 29.3 Å². The van der Waals surface area contributed by atoms with Crippen molar-refractivity contribution >= 4 is 12.2 Å². The van der Waals surface area contributed by atoms with Crippen LogP contribution in [0.5, 0.6) is 0 Å². The molecule has 0 radical (unpaired) electrons.